The first kappa shape index (κ1) is 15.8. The number of rotatable bonds is 5. The smallest absolute Gasteiger partial charge is 0.331 e. The summed E-state index contributed by atoms with van der Waals surface area (Å²) in [7, 11) is 0. The topological polar surface area (TPSA) is 121 Å². The number of nitrogens with one attached hydrogen (secondary N) is 1. The zero-order chi connectivity index (χ0) is 17.2. The van der Waals surface area contributed by atoms with Gasteiger partial charge >= 0.3 is 5.97 Å². The summed E-state index contributed by atoms with van der Waals surface area (Å²) in [4.78, 5) is 28.4. The van der Waals surface area contributed by atoms with E-state index in [9.17, 15) is 15.0 Å². The van der Waals surface area contributed by atoms with Gasteiger partial charge in [-0.15, -0.1) is 0 Å². The number of hydrogen-bond donors (Lipinski definition) is 3. The second kappa shape index (κ2) is 6.17. The standard InChI is InChI=1S/C16H15N5O3/c1-16(9-22,15(23)24)21-14-11-4-7-18-8-12(11)19-13(20-14)10-2-5-17-6-3-10/h2-8,22H,9H2,1H3,(H,23,24)(H,19,20,21). The van der Waals surface area contributed by atoms with Crippen molar-refractivity contribution in [1.29, 1.82) is 0 Å². The first-order valence-electron chi connectivity index (χ1n) is 7.18. The molecule has 3 rings (SSSR count). The summed E-state index contributed by atoms with van der Waals surface area (Å²) in [6, 6.07) is 5.20. The fourth-order valence-electron chi connectivity index (χ4n) is 2.13. The van der Waals surface area contributed by atoms with Crippen LogP contribution in [0.25, 0.3) is 22.3 Å². The molecule has 0 fully saturated rings. The van der Waals surface area contributed by atoms with Crippen LogP contribution in [0.15, 0.2) is 43.0 Å². The first-order valence-corrected chi connectivity index (χ1v) is 7.18. The summed E-state index contributed by atoms with van der Waals surface area (Å²) in [5.41, 5.74) is -0.271. The van der Waals surface area contributed by atoms with Gasteiger partial charge in [-0.1, -0.05) is 0 Å². The quantitative estimate of drug-likeness (QED) is 0.642. The Kier molecular flexibility index (Phi) is 4.05. The lowest BCUT2D eigenvalue weighted by molar-refractivity contribution is -0.143. The molecule has 122 valence electrons. The third-order valence-electron chi connectivity index (χ3n) is 3.62. The normalized spacial score (nSPS) is 13.4. The van der Waals surface area contributed by atoms with Crippen LogP contribution >= 0.6 is 0 Å². The Morgan fingerprint density at radius 3 is 2.54 bits per heavy atom. The molecule has 0 aliphatic carbocycles. The van der Waals surface area contributed by atoms with E-state index in [0.29, 0.717) is 22.5 Å². The van der Waals surface area contributed by atoms with Gasteiger partial charge in [0.25, 0.3) is 0 Å². The molecule has 0 aliphatic heterocycles. The molecule has 0 bridgehead atoms. The van der Waals surface area contributed by atoms with Gasteiger partial charge in [0, 0.05) is 29.5 Å². The molecule has 0 spiro atoms. The molecular weight excluding hydrogens is 310 g/mol. The van der Waals surface area contributed by atoms with Crippen LogP contribution < -0.4 is 5.32 Å². The van der Waals surface area contributed by atoms with Gasteiger partial charge in [0.05, 0.1) is 18.3 Å². The number of carboxylic acids is 1. The van der Waals surface area contributed by atoms with E-state index in [1.54, 1.807) is 43.0 Å². The average molecular weight is 325 g/mol. The molecule has 24 heavy (non-hydrogen) atoms. The second-order valence-electron chi connectivity index (χ2n) is 5.44. The minimum Gasteiger partial charge on any atom is -0.479 e. The molecule has 0 amide bonds. The summed E-state index contributed by atoms with van der Waals surface area (Å²) in [5, 5.41) is 22.3. The van der Waals surface area contributed by atoms with E-state index in [0.717, 1.165) is 5.56 Å². The SMILES string of the molecule is CC(CO)(Nc1nc(-c2ccncc2)nc2cnccc12)C(=O)O. The van der Waals surface area contributed by atoms with Crippen LogP contribution in [0.3, 0.4) is 0 Å². The number of nitrogens with zero attached hydrogens (tertiary/aromatic N) is 4. The predicted octanol–water partition coefficient (Wildman–Crippen LogP) is 1.33. The average Bonchev–Trinajstić information content (AvgIpc) is 2.62. The third kappa shape index (κ3) is 2.86. The highest BCUT2D eigenvalue weighted by atomic mass is 16.4. The van der Waals surface area contributed by atoms with Crippen LogP contribution in [-0.2, 0) is 4.79 Å². The molecule has 1 unspecified atom stereocenters. The van der Waals surface area contributed by atoms with E-state index < -0.39 is 18.1 Å². The summed E-state index contributed by atoms with van der Waals surface area (Å²) in [6.07, 6.45) is 6.38. The molecule has 0 saturated carbocycles. The lowest BCUT2D eigenvalue weighted by atomic mass is 10.0. The number of aromatic nitrogens is 4. The molecule has 8 heteroatoms. The van der Waals surface area contributed by atoms with E-state index in [4.69, 9.17) is 0 Å². The van der Waals surface area contributed by atoms with E-state index >= 15 is 0 Å². The largest absolute Gasteiger partial charge is 0.479 e. The van der Waals surface area contributed by atoms with Crippen molar-refractivity contribution in [3.63, 3.8) is 0 Å². The number of hydrogen-bond acceptors (Lipinski definition) is 7. The van der Waals surface area contributed by atoms with Gasteiger partial charge in [0.1, 0.15) is 5.82 Å². The zero-order valence-corrected chi connectivity index (χ0v) is 12.8. The zero-order valence-electron chi connectivity index (χ0n) is 12.8. The second-order valence-corrected chi connectivity index (χ2v) is 5.44. The van der Waals surface area contributed by atoms with E-state index in [2.05, 4.69) is 25.3 Å². The Morgan fingerprint density at radius 1 is 1.17 bits per heavy atom. The number of pyridine rings is 2. The third-order valence-corrected chi connectivity index (χ3v) is 3.62. The minimum absolute atomic E-state index is 0.313. The Hall–Kier alpha value is -3.13. The number of fused-ring (bicyclic) bond motifs is 1. The van der Waals surface area contributed by atoms with Crippen LogP contribution in [-0.4, -0.2) is 48.3 Å². The van der Waals surface area contributed by atoms with Crippen molar-refractivity contribution in [3.05, 3.63) is 43.0 Å². The van der Waals surface area contributed by atoms with Crippen LogP contribution in [0.1, 0.15) is 6.92 Å². The van der Waals surface area contributed by atoms with Crippen molar-refractivity contribution in [2.24, 2.45) is 0 Å². The number of carbonyl (C=O) groups is 1. The Bertz CT molecular complexity index is 887. The molecule has 0 radical (unpaired) electrons. The van der Waals surface area contributed by atoms with Gasteiger partial charge in [0.15, 0.2) is 11.4 Å². The molecule has 0 aliphatic rings. The summed E-state index contributed by atoms with van der Waals surface area (Å²) in [6.45, 7) is 0.792. The number of aliphatic hydroxyl groups is 1. The highest BCUT2D eigenvalue weighted by Gasteiger charge is 2.33. The van der Waals surface area contributed by atoms with Gasteiger partial charge in [-0.05, 0) is 25.1 Å². The molecule has 0 saturated heterocycles. The van der Waals surface area contributed by atoms with Crippen LogP contribution in [0, 0.1) is 0 Å². The molecule has 3 aromatic heterocycles. The number of carboxylic acid groups (broad SMARTS) is 1. The number of anilines is 1. The molecule has 8 nitrogen and oxygen atoms in total. The van der Waals surface area contributed by atoms with Crippen LogP contribution in [0.5, 0.6) is 0 Å². The van der Waals surface area contributed by atoms with Crippen molar-refractivity contribution >= 4 is 22.7 Å². The maximum absolute atomic E-state index is 11.5. The lowest BCUT2D eigenvalue weighted by Gasteiger charge is -2.25. The summed E-state index contributed by atoms with van der Waals surface area (Å²) in [5.74, 6) is -0.462. The van der Waals surface area contributed by atoms with Crippen LogP contribution in [0.2, 0.25) is 0 Å². The van der Waals surface area contributed by atoms with Crippen molar-refractivity contribution in [1.82, 2.24) is 19.9 Å². The molecule has 3 aromatic rings. The Morgan fingerprint density at radius 2 is 1.88 bits per heavy atom. The van der Waals surface area contributed by atoms with E-state index in [1.807, 2.05) is 0 Å². The van der Waals surface area contributed by atoms with Crippen molar-refractivity contribution < 1.29 is 15.0 Å². The Labute approximate surface area is 137 Å². The molecule has 1 atom stereocenters. The van der Waals surface area contributed by atoms with E-state index in [1.165, 1.54) is 6.92 Å². The van der Waals surface area contributed by atoms with Gasteiger partial charge in [-0.3, -0.25) is 9.97 Å². The van der Waals surface area contributed by atoms with Gasteiger partial charge < -0.3 is 15.5 Å². The van der Waals surface area contributed by atoms with Gasteiger partial charge in [-0.25, -0.2) is 14.8 Å². The number of aliphatic hydroxyl groups excluding tert-OH is 1. The van der Waals surface area contributed by atoms with Crippen molar-refractivity contribution in [3.8, 4) is 11.4 Å². The van der Waals surface area contributed by atoms with E-state index in [-0.39, 0.29) is 0 Å². The fourth-order valence-corrected chi connectivity index (χ4v) is 2.13. The van der Waals surface area contributed by atoms with Gasteiger partial charge in [-0.2, -0.15) is 0 Å². The predicted molar refractivity (Wildman–Crippen MR) is 87.3 cm³/mol. The number of aliphatic carboxylic acids is 1. The first-order chi connectivity index (χ1) is 11.5. The molecule has 0 aromatic carbocycles. The maximum atomic E-state index is 11.5. The van der Waals surface area contributed by atoms with Crippen molar-refractivity contribution in [2.75, 3.05) is 11.9 Å². The monoisotopic (exact) mass is 325 g/mol. The molecular formula is C16H15N5O3. The maximum Gasteiger partial charge on any atom is 0.331 e. The minimum atomic E-state index is -1.57. The molecule has 3 N–H and O–H groups in total. The Balaban J connectivity index is 2.17. The van der Waals surface area contributed by atoms with Gasteiger partial charge in [0.2, 0.25) is 0 Å². The lowest BCUT2D eigenvalue weighted by Crippen LogP contribution is -2.47. The summed E-state index contributed by atoms with van der Waals surface area (Å²) < 4.78 is 0. The van der Waals surface area contributed by atoms with Crippen LogP contribution in [0.4, 0.5) is 5.82 Å². The summed E-state index contributed by atoms with van der Waals surface area (Å²) >= 11 is 0. The van der Waals surface area contributed by atoms with Crippen molar-refractivity contribution in [2.45, 2.75) is 12.5 Å². The molecule has 3 heterocycles. The highest BCUT2D eigenvalue weighted by molar-refractivity contribution is 5.92. The fraction of sp³-hybridized carbons (Fsp3) is 0.188. The highest BCUT2D eigenvalue weighted by Crippen LogP contribution is 2.26.